The molecule has 0 aliphatic carbocycles. The summed E-state index contributed by atoms with van der Waals surface area (Å²) in [5.41, 5.74) is 2.31. The van der Waals surface area contributed by atoms with E-state index in [1.807, 2.05) is 31.2 Å². The second kappa shape index (κ2) is 5.67. The van der Waals surface area contributed by atoms with Crippen LogP contribution in [0.3, 0.4) is 0 Å². The molecular weight excluding hydrogens is 242 g/mol. The van der Waals surface area contributed by atoms with E-state index in [0.717, 1.165) is 16.6 Å². The molecule has 1 aromatic heterocycles. The van der Waals surface area contributed by atoms with E-state index >= 15 is 0 Å². The molecular formula is C14H17N3O2. The Morgan fingerprint density at radius 2 is 2.16 bits per heavy atom. The molecule has 0 spiro atoms. The first-order chi connectivity index (χ1) is 9.10. The maximum atomic E-state index is 11.7. The van der Waals surface area contributed by atoms with Crippen molar-refractivity contribution in [3.05, 3.63) is 36.0 Å². The van der Waals surface area contributed by atoms with E-state index in [4.69, 9.17) is 5.11 Å². The van der Waals surface area contributed by atoms with Crippen LogP contribution in [-0.2, 0) is 0 Å². The van der Waals surface area contributed by atoms with Crippen LogP contribution in [0, 0.1) is 6.92 Å². The molecule has 0 aliphatic rings. The van der Waals surface area contributed by atoms with Crippen LogP contribution < -0.4 is 10.6 Å². The number of carbonyl (C=O) groups excluding carboxylic acids is 1. The molecule has 5 nitrogen and oxygen atoms in total. The van der Waals surface area contributed by atoms with Crippen molar-refractivity contribution < 1.29 is 9.90 Å². The van der Waals surface area contributed by atoms with Crippen LogP contribution in [0.25, 0.3) is 10.9 Å². The van der Waals surface area contributed by atoms with Crippen molar-refractivity contribution in [1.82, 2.24) is 10.3 Å². The lowest BCUT2D eigenvalue weighted by Crippen LogP contribution is -2.38. The van der Waals surface area contributed by atoms with Crippen LogP contribution >= 0.6 is 0 Å². The maximum Gasteiger partial charge on any atom is 0.319 e. The first-order valence-corrected chi connectivity index (χ1v) is 6.15. The summed E-state index contributed by atoms with van der Waals surface area (Å²) in [5, 5.41) is 15.3. The number of nitrogens with zero attached hydrogens (tertiary/aromatic N) is 1. The molecule has 1 aromatic carbocycles. The Morgan fingerprint density at radius 1 is 1.37 bits per heavy atom. The minimum Gasteiger partial charge on any atom is -0.394 e. The Labute approximate surface area is 111 Å². The summed E-state index contributed by atoms with van der Waals surface area (Å²) >= 11 is 0. The predicted octanol–water partition coefficient (Wildman–Crippen LogP) is 2.05. The molecule has 3 N–H and O–H groups in total. The average molecular weight is 259 g/mol. The number of nitrogens with one attached hydrogen (secondary N) is 2. The Balaban J connectivity index is 2.25. The molecule has 19 heavy (non-hydrogen) atoms. The fourth-order valence-electron chi connectivity index (χ4n) is 1.77. The maximum absolute atomic E-state index is 11.7. The molecule has 0 fully saturated rings. The summed E-state index contributed by atoms with van der Waals surface area (Å²) in [7, 11) is 0. The number of aliphatic hydroxyl groups excluding tert-OH is 1. The summed E-state index contributed by atoms with van der Waals surface area (Å²) in [6.45, 7) is 3.54. The zero-order chi connectivity index (χ0) is 13.8. The van der Waals surface area contributed by atoms with Gasteiger partial charge in [0, 0.05) is 11.1 Å². The second-order valence-corrected chi connectivity index (χ2v) is 4.51. The van der Waals surface area contributed by atoms with Gasteiger partial charge >= 0.3 is 6.03 Å². The normalized spacial score (nSPS) is 12.2. The summed E-state index contributed by atoms with van der Waals surface area (Å²) in [5.74, 6) is 0. The molecule has 100 valence electrons. The third-order valence-electron chi connectivity index (χ3n) is 2.76. The molecule has 0 bridgehead atoms. The number of benzene rings is 1. The molecule has 1 unspecified atom stereocenters. The van der Waals surface area contributed by atoms with E-state index in [9.17, 15) is 4.79 Å². The minimum absolute atomic E-state index is 0.0969. The van der Waals surface area contributed by atoms with Gasteiger partial charge in [0.2, 0.25) is 0 Å². The summed E-state index contributed by atoms with van der Waals surface area (Å²) < 4.78 is 0. The van der Waals surface area contributed by atoms with Gasteiger partial charge in [-0.1, -0.05) is 18.2 Å². The highest BCUT2D eigenvalue weighted by Gasteiger charge is 2.09. The third kappa shape index (κ3) is 3.20. The van der Waals surface area contributed by atoms with Crippen LogP contribution in [0.1, 0.15) is 12.6 Å². The fourth-order valence-corrected chi connectivity index (χ4v) is 1.77. The van der Waals surface area contributed by atoms with Crippen molar-refractivity contribution in [2.75, 3.05) is 11.9 Å². The summed E-state index contributed by atoms with van der Waals surface area (Å²) in [6, 6.07) is 8.88. The Kier molecular flexibility index (Phi) is 3.97. The molecule has 0 aliphatic heterocycles. The highest BCUT2D eigenvalue weighted by molar-refractivity contribution is 5.99. The number of carbonyl (C=O) groups is 1. The van der Waals surface area contributed by atoms with Crippen LogP contribution in [0.5, 0.6) is 0 Å². The van der Waals surface area contributed by atoms with Crippen LogP contribution in [-0.4, -0.2) is 28.8 Å². The van der Waals surface area contributed by atoms with Gasteiger partial charge in [-0.05, 0) is 26.0 Å². The fraction of sp³-hybridized carbons (Fsp3) is 0.286. The number of hydrogen-bond acceptors (Lipinski definition) is 3. The van der Waals surface area contributed by atoms with Gasteiger partial charge in [0.1, 0.15) is 0 Å². The molecule has 0 radical (unpaired) electrons. The lowest BCUT2D eigenvalue weighted by Gasteiger charge is -2.13. The van der Waals surface area contributed by atoms with E-state index in [2.05, 4.69) is 15.6 Å². The zero-order valence-electron chi connectivity index (χ0n) is 11.0. The van der Waals surface area contributed by atoms with Crippen molar-refractivity contribution >= 4 is 22.6 Å². The quantitative estimate of drug-likeness (QED) is 0.789. The van der Waals surface area contributed by atoms with E-state index in [-0.39, 0.29) is 18.7 Å². The average Bonchev–Trinajstić information content (AvgIpc) is 2.39. The first kappa shape index (κ1) is 13.3. The second-order valence-electron chi connectivity index (χ2n) is 4.51. The van der Waals surface area contributed by atoms with Crippen molar-refractivity contribution in [2.24, 2.45) is 0 Å². The lowest BCUT2D eigenvalue weighted by atomic mass is 10.2. The highest BCUT2D eigenvalue weighted by Crippen LogP contribution is 2.21. The van der Waals surface area contributed by atoms with Crippen molar-refractivity contribution in [1.29, 1.82) is 0 Å². The molecule has 1 atom stereocenters. The minimum atomic E-state index is -0.350. The number of amides is 2. The van der Waals surface area contributed by atoms with Gasteiger partial charge in [-0.15, -0.1) is 0 Å². The van der Waals surface area contributed by atoms with E-state index in [1.165, 1.54) is 0 Å². The van der Waals surface area contributed by atoms with E-state index < -0.39 is 0 Å². The SMILES string of the molecule is Cc1ccc2cccc(NC(=O)NC(C)CO)c2n1. The predicted molar refractivity (Wildman–Crippen MR) is 75.2 cm³/mol. The summed E-state index contributed by atoms with van der Waals surface area (Å²) in [4.78, 5) is 16.2. The number of anilines is 1. The van der Waals surface area contributed by atoms with Crippen molar-refractivity contribution in [3.63, 3.8) is 0 Å². The third-order valence-corrected chi connectivity index (χ3v) is 2.76. The van der Waals surface area contributed by atoms with Gasteiger partial charge in [0.25, 0.3) is 0 Å². The highest BCUT2D eigenvalue weighted by atomic mass is 16.3. The standard InChI is InChI=1S/C14H17N3O2/c1-9-6-7-11-4-3-5-12(13(11)15-9)17-14(19)16-10(2)8-18/h3-7,10,18H,8H2,1-2H3,(H2,16,17,19). The zero-order valence-corrected chi connectivity index (χ0v) is 11.0. The van der Waals surface area contributed by atoms with Gasteiger partial charge in [0.15, 0.2) is 0 Å². The topological polar surface area (TPSA) is 74.2 Å². The largest absolute Gasteiger partial charge is 0.394 e. The number of aliphatic hydroxyl groups is 1. The molecule has 5 heteroatoms. The van der Waals surface area contributed by atoms with Crippen LogP contribution in [0.4, 0.5) is 10.5 Å². The number of aryl methyl sites for hydroxylation is 1. The van der Waals surface area contributed by atoms with Crippen LogP contribution in [0.15, 0.2) is 30.3 Å². The number of fused-ring (bicyclic) bond motifs is 1. The number of rotatable bonds is 3. The Morgan fingerprint density at radius 3 is 2.89 bits per heavy atom. The van der Waals surface area contributed by atoms with Crippen LogP contribution in [0.2, 0.25) is 0 Å². The molecule has 2 amide bonds. The molecule has 2 aromatic rings. The smallest absolute Gasteiger partial charge is 0.319 e. The number of urea groups is 1. The monoisotopic (exact) mass is 259 g/mol. The number of aromatic nitrogens is 1. The first-order valence-electron chi connectivity index (χ1n) is 6.15. The molecule has 0 saturated heterocycles. The van der Waals surface area contributed by atoms with Gasteiger partial charge in [-0.2, -0.15) is 0 Å². The number of pyridine rings is 1. The number of hydrogen-bond donors (Lipinski definition) is 3. The van der Waals surface area contributed by atoms with Gasteiger partial charge in [-0.3, -0.25) is 4.98 Å². The molecule has 1 heterocycles. The van der Waals surface area contributed by atoms with E-state index in [1.54, 1.807) is 13.0 Å². The Hall–Kier alpha value is -2.14. The van der Waals surface area contributed by atoms with Gasteiger partial charge in [0.05, 0.1) is 23.9 Å². The van der Waals surface area contributed by atoms with Crippen molar-refractivity contribution in [2.45, 2.75) is 19.9 Å². The van der Waals surface area contributed by atoms with E-state index in [0.29, 0.717) is 5.69 Å². The Bertz CT molecular complexity index is 598. The summed E-state index contributed by atoms with van der Waals surface area (Å²) in [6.07, 6.45) is 0. The van der Waals surface area contributed by atoms with Crippen molar-refractivity contribution in [3.8, 4) is 0 Å². The lowest BCUT2D eigenvalue weighted by molar-refractivity contribution is 0.229. The van der Waals surface area contributed by atoms with Gasteiger partial charge < -0.3 is 15.7 Å². The molecule has 2 rings (SSSR count). The number of para-hydroxylation sites is 1. The van der Waals surface area contributed by atoms with Gasteiger partial charge in [-0.25, -0.2) is 4.79 Å². The molecule has 0 saturated carbocycles.